The zero-order valence-corrected chi connectivity index (χ0v) is 21.5. The molecule has 0 aliphatic carbocycles. The van der Waals surface area contributed by atoms with Crippen molar-refractivity contribution in [3.05, 3.63) is 0 Å². The second-order valence-corrected chi connectivity index (χ2v) is 9.84. The van der Waals surface area contributed by atoms with Gasteiger partial charge in [0, 0.05) is 12.5 Å². The number of unbranched alkanes of at least 4 members (excludes halogenated alkanes) is 13. The summed E-state index contributed by atoms with van der Waals surface area (Å²) in [5.41, 5.74) is 5.86. The van der Waals surface area contributed by atoms with Crippen molar-refractivity contribution >= 4 is 0 Å². The molecule has 0 bridgehead atoms. The first kappa shape index (κ1) is 31.7. The largest absolute Gasteiger partial charge is 0.396 e. The van der Waals surface area contributed by atoms with E-state index >= 15 is 0 Å². The van der Waals surface area contributed by atoms with Crippen LogP contribution in [0.2, 0.25) is 0 Å². The van der Waals surface area contributed by atoms with Gasteiger partial charge in [0.25, 0.3) is 0 Å². The first-order valence-corrected chi connectivity index (χ1v) is 13.7. The predicted octanol–water partition coefficient (Wildman–Crippen LogP) is 2.88. The molecule has 6 N–H and O–H groups in total. The Morgan fingerprint density at radius 1 is 0.765 bits per heavy atom. The molecule has 1 saturated heterocycles. The molecule has 1 rings (SSSR count). The quantitative estimate of drug-likeness (QED) is 0.146. The average molecular weight is 492 g/mol. The summed E-state index contributed by atoms with van der Waals surface area (Å²) in [6, 6.07) is -0.936. The van der Waals surface area contributed by atoms with Crippen LogP contribution in [0, 0.1) is 5.92 Å². The van der Waals surface area contributed by atoms with Crippen molar-refractivity contribution in [2.75, 3.05) is 33.0 Å². The van der Waals surface area contributed by atoms with Crippen molar-refractivity contribution in [1.29, 1.82) is 0 Å². The van der Waals surface area contributed by atoms with Crippen molar-refractivity contribution < 1.29 is 34.6 Å². The highest BCUT2D eigenvalue weighted by molar-refractivity contribution is 4.91. The summed E-state index contributed by atoms with van der Waals surface area (Å²) >= 11 is 0. The second-order valence-electron chi connectivity index (χ2n) is 9.84. The minimum atomic E-state index is -1.26. The standard InChI is InChI=1S/C26H53NO7/c1-2-3-4-5-6-7-8-9-10-11-12-13-14-15-16-32-19-21(17-28)20-33-26-23(27)25(31)24(30)22(18-29)34-26/h21-26,28-31H,2-20,27H2,1H3/t21-,22?,23?,24-,25-,26+/m1/s1. The highest BCUT2D eigenvalue weighted by atomic mass is 16.7. The summed E-state index contributed by atoms with van der Waals surface area (Å²) in [6.45, 7) is 2.89. The lowest BCUT2D eigenvalue weighted by Crippen LogP contribution is -2.62. The van der Waals surface area contributed by atoms with E-state index < -0.39 is 37.3 Å². The van der Waals surface area contributed by atoms with Crippen molar-refractivity contribution in [2.24, 2.45) is 11.7 Å². The van der Waals surface area contributed by atoms with Crippen molar-refractivity contribution in [3.63, 3.8) is 0 Å². The van der Waals surface area contributed by atoms with E-state index in [0.29, 0.717) is 13.2 Å². The Kier molecular flexibility index (Phi) is 19.4. The molecule has 0 aromatic heterocycles. The normalized spacial score (nSPS) is 26.1. The fourth-order valence-electron chi connectivity index (χ4n) is 4.29. The molecule has 0 radical (unpaired) electrons. The van der Waals surface area contributed by atoms with Crippen LogP contribution in [0.4, 0.5) is 0 Å². The molecule has 6 atom stereocenters. The number of aliphatic hydroxyl groups excluding tert-OH is 4. The summed E-state index contributed by atoms with van der Waals surface area (Å²) < 4.78 is 16.7. The lowest BCUT2D eigenvalue weighted by atomic mass is 9.98. The lowest BCUT2D eigenvalue weighted by Gasteiger charge is -2.40. The number of hydrogen-bond acceptors (Lipinski definition) is 8. The van der Waals surface area contributed by atoms with Crippen LogP contribution in [-0.4, -0.2) is 84.1 Å². The molecule has 8 nitrogen and oxygen atoms in total. The smallest absolute Gasteiger partial charge is 0.175 e. The third-order valence-corrected chi connectivity index (χ3v) is 6.68. The van der Waals surface area contributed by atoms with E-state index in [0.717, 1.165) is 12.8 Å². The third-order valence-electron chi connectivity index (χ3n) is 6.68. The van der Waals surface area contributed by atoms with Crippen molar-refractivity contribution in [1.82, 2.24) is 0 Å². The maximum Gasteiger partial charge on any atom is 0.175 e. The van der Waals surface area contributed by atoms with Gasteiger partial charge in [-0.2, -0.15) is 0 Å². The van der Waals surface area contributed by atoms with Gasteiger partial charge >= 0.3 is 0 Å². The van der Waals surface area contributed by atoms with Crippen LogP contribution in [0.5, 0.6) is 0 Å². The molecular formula is C26H53NO7. The summed E-state index contributed by atoms with van der Waals surface area (Å²) in [6.07, 6.45) is 14.0. The monoisotopic (exact) mass is 491 g/mol. The summed E-state index contributed by atoms with van der Waals surface area (Å²) in [4.78, 5) is 0. The maximum atomic E-state index is 9.98. The van der Waals surface area contributed by atoms with Crippen molar-refractivity contribution in [3.8, 4) is 0 Å². The summed E-state index contributed by atoms with van der Waals surface area (Å²) in [7, 11) is 0. The number of aliphatic hydroxyl groups is 4. The molecule has 0 aromatic carbocycles. The molecule has 0 aromatic rings. The van der Waals surface area contributed by atoms with Gasteiger partial charge in [-0.05, 0) is 6.42 Å². The molecule has 34 heavy (non-hydrogen) atoms. The predicted molar refractivity (Wildman–Crippen MR) is 133 cm³/mol. The van der Waals surface area contributed by atoms with Gasteiger partial charge in [-0.15, -0.1) is 0 Å². The van der Waals surface area contributed by atoms with E-state index in [1.165, 1.54) is 77.0 Å². The van der Waals surface area contributed by atoms with Gasteiger partial charge in [0.2, 0.25) is 0 Å². The minimum Gasteiger partial charge on any atom is -0.396 e. The molecule has 0 spiro atoms. The van der Waals surface area contributed by atoms with Crippen LogP contribution in [0.25, 0.3) is 0 Å². The van der Waals surface area contributed by atoms with Crippen LogP contribution in [0.1, 0.15) is 96.8 Å². The summed E-state index contributed by atoms with van der Waals surface area (Å²) in [5, 5.41) is 38.6. The Balaban J connectivity index is 1.97. The first-order valence-electron chi connectivity index (χ1n) is 13.7. The van der Waals surface area contributed by atoms with Gasteiger partial charge in [0.1, 0.15) is 18.3 Å². The zero-order chi connectivity index (χ0) is 25.0. The van der Waals surface area contributed by atoms with Crippen molar-refractivity contribution in [2.45, 2.75) is 127 Å². The number of hydrogen-bond donors (Lipinski definition) is 5. The maximum absolute atomic E-state index is 9.98. The zero-order valence-electron chi connectivity index (χ0n) is 21.5. The average Bonchev–Trinajstić information content (AvgIpc) is 2.85. The Morgan fingerprint density at radius 3 is 1.79 bits per heavy atom. The Morgan fingerprint density at radius 2 is 1.29 bits per heavy atom. The fraction of sp³-hybridized carbons (Fsp3) is 1.00. The number of rotatable bonds is 22. The fourth-order valence-corrected chi connectivity index (χ4v) is 4.29. The molecule has 1 heterocycles. The molecule has 1 aliphatic heterocycles. The van der Waals surface area contributed by atoms with Gasteiger partial charge in [-0.1, -0.05) is 90.4 Å². The van der Waals surface area contributed by atoms with E-state index in [9.17, 15) is 20.4 Å². The highest BCUT2D eigenvalue weighted by Gasteiger charge is 2.43. The second kappa shape index (κ2) is 20.8. The number of ether oxygens (including phenoxy) is 3. The van der Waals surface area contributed by atoms with Gasteiger partial charge in [-0.3, -0.25) is 0 Å². The molecule has 2 unspecified atom stereocenters. The van der Waals surface area contributed by atoms with Crippen LogP contribution < -0.4 is 5.73 Å². The minimum absolute atomic E-state index is 0.102. The SMILES string of the molecule is CCCCCCCCCCCCCCCCOC[C@@H](CO)CO[C@H]1OC(CO)[C@@H](O)[C@H](O)C1N. The molecule has 204 valence electrons. The van der Waals surface area contributed by atoms with Gasteiger partial charge < -0.3 is 40.4 Å². The highest BCUT2D eigenvalue weighted by Crippen LogP contribution is 2.21. The third kappa shape index (κ3) is 13.7. The molecule has 0 amide bonds. The molecule has 1 aliphatic rings. The lowest BCUT2D eigenvalue weighted by molar-refractivity contribution is -0.269. The Bertz CT molecular complexity index is 455. The van der Waals surface area contributed by atoms with Crippen LogP contribution in [-0.2, 0) is 14.2 Å². The first-order chi connectivity index (χ1) is 16.5. The molecule has 0 saturated carbocycles. The van der Waals surface area contributed by atoms with E-state index in [1.807, 2.05) is 0 Å². The Hall–Kier alpha value is -0.320. The van der Waals surface area contributed by atoms with Crippen LogP contribution >= 0.6 is 0 Å². The van der Waals surface area contributed by atoms with Gasteiger partial charge in [0.15, 0.2) is 6.29 Å². The summed E-state index contributed by atoms with van der Waals surface area (Å²) in [5.74, 6) is -0.237. The van der Waals surface area contributed by atoms with E-state index in [1.54, 1.807) is 0 Å². The van der Waals surface area contributed by atoms with E-state index in [-0.39, 0.29) is 19.1 Å². The van der Waals surface area contributed by atoms with Crippen LogP contribution in [0.3, 0.4) is 0 Å². The van der Waals surface area contributed by atoms with Crippen LogP contribution in [0.15, 0.2) is 0 Å². The van der Waals surface area contributed by atoms with Gasteiger partial charge in [0.05, 0.1) is 32.5 Å². The molecule has 8 heteroatoms. The van der Waals surface area contributed by atoms with E-state index in [4.69, 9.17) is 19.9 Å². The van der Waals surface area contributed by atoms with E-state index in [2.05, 4.69) is 6.92 Å². The number of nitrogens with two attached hydrogens (primary N) is 1. The molecule has 1 fully saturated rings. The van der Waals surface area contributed by atoms with Gasteiger partial charge in [-0.25, -0.2) is 0 Å². The Labute approximate surface area is 207 Å². The topological polar surface area (TPSA) is 135 Å². The molecular weight excluding hydrogens is 438 g/mol.